The van der Waals surface area contributed by atoms with Crippen LogP contribution < -0.4 is 4.90 Å². The van der Waals surface area contributed by atoms with Crippen molar-refractivity contribution in [3.8, 4) is 11.3 Å². The summed E-state index contributed by atoms with van der Waals surface area (Å²) in [4.78, 5) is 24.3. The molecule has 2 saturated heterocycles. The lowest BCUT2D eigenvalue weighted by atomic mass is 10.2. The van der Waals surface area contributed by atoms with Crippen molar-refractivity contribution in [1.29, 1.82) is 0 Å². The largest absolute Gasteiger partial charge is 0.447 e. The monoisotopic (exact) mass is 410 g/mol. The minimum Gasteiger partial charge on any atom is -0.447 e. The summed E-state index contributed by atoms with van der Waals surface area (Å²) in [5.74, 6) is 0. The highest BCUT2D eigenvalue weighted by Crippen LogP contribution is 2.30. The van der Waals surface area contributed by atoms with Crippen LogP contribution >= 0.6 is 0 Å². The van der Waals surface area contributed by atoms with E-state index in [-0.39, 0.29) is 12.2 Å². The number of pyridine rings is 1. The molecule has 2 aliphatic heterocycles. The van der Waals surface area contributed by atoms with E-state index in [1.54, 1.807) is 9.58 Å². The third-order valence-electron chi connectivity index (χ3n) is 5.82. The summed E-state index contributed by atoms with van der Waals surface area (Å²) < 4.78 is 12.8. The van der Waals surface area contributed by atoms with Gasteiger partial charge in [-0.15, -0.1) is 0 Å². The Bertz CT molecular complexity index is 1030. The van der Waals surface area contributed by atoms with Crippen molar-refractivity contribution in [3.63, 3.8) is 0 Å². The first-order valence-electron chi connectivity index (χ1n) is 10.4. The lowest BCUT2D eigenvalue weighted by Crippen LogP contribution is -2.49. The number of anilines is 1. The summed E-state index contributed by atoms with van der Waals surface area (Å²) in [5, 5.41) is 5.32. The van der Waals surface area contributed by atoms with Gasteiger partial charge in [0.15, 0.2) is 0 Å². The summed E-state index contributed by atoms with van der Waals surface area (Å²) >= 11 is 0. The second kappa shape index (κ2) is 7.98. The quantitative estimate of drug-likeness (QED) is 0.711. The second-order valence-corrected chi connectivity index (χ2v) is 7.86. The van der Waals surface area contributed by atoms with Crippen molar-refractivity contribution in [2.24, 2.45) is 7.05 Å². The minimum absolute atomic E-state index is 0.0583. The maximum absolute atomic E-state index is 12.4. The number of aryl methyl sites for hydroxylation is 1. The number of fused-ring (bicyclic) bond motifs is 1. The number of hydrogen-bond acceptors (Lipinski definition) is 6. The molecule has 1 unspecified atom stereocenters. The molecule has 5 heterocycles. The van der Waals surface area contributed by atoms with Gasteiger partial charge in [-0.05, 0) is 25.0 Å². The van der Waals surface area contributed by atoms with Crippen LogP contribution in [-0.4, -0.2) is 76.2 Å². The number of nitrogens with zero attached hydrogens (tertiary/aromatic N) is 5. The highest BCUT2D eigenvalue weighted by Gasteiger charge is 2.25. The number of rotatable bonds is 4. The molecule has 5 rings (SSSR count). The van der Waals surface area contributed by atoms with Gasteiger partial charge in [0, 0.05) is 68.9 Å². The number of nitrogens with one attached hydrogen (secondary N) is 1. The summed E-state index contributed by atoms with van der Waals surface area (Å²) in [6, 6.07) is 4.16. The summed E-state index contributed by atoms with van der Waals surface area (Å²) in [5.41, 5.74) is 4.00. The van der Waals surface area contributed by atoms with Gasteiger partial charge in [-0.3, -0.25) is 4.68 Å². The fraction of sp³-hybridized carbons (Fsp3) is 0.476. The van der Waals surface area contributed by atoms with Gasteiger partial charge in [0.1, 0.15) is 12.3 Å². The van der Waals surface area contributed by atoms with Crippen molar-refractivity contribution >= 4 is 22.8 Å². The van der Waals surface area contributed by atoms with Gasteiger partial charge >= 0.3 is 6.09 Å². The maximum Gasteiger partial charge on any atom is 0.409 e. The summed E-state index contributed by atoms with van der Waals surface area (Å²) in [6.07, 6.45) is 7.47. The summed E-state index contributed by atoms with van der Waals surface area (Å²) in [7, 11) is 1.90. The Kier molecular flexibility index (Phi) is 5.04. The lowest BCUT2D eigenvalue weighted by molar-refractivity contribution is 0.0293. The van der Waals surface area contributed by atoms with E-state index in [0.717, 1.165) is 60.5 Å². The van der Waals surface area contributed by atoms with Crippen LogP contribution in [0.2, 0.25) is 0 Å². The molecule has 0 bridgehead atoms. The smallest absolute Gasteiger partial charge is 0.409 e. The molecule has 1 amide bonds. The highest BCUT2D eigenvalue weighted by molar-refractivity contribution is 5.93. The first kappa shape index (κ1) is 18.9. The zero-order chi connectivity index (χ0) is 20.5. The molecule has 0 radical (unpaired) electrons. The Morgan fingerprint density at radius 2 is 2.20 bits per heavy atom. The number of piperazine rings is 1. The highest BCUT2D eigenvalue weighted by atomic mass is 16.6. The molecule has 1 atom stereocenters. The van der Waals surface area contributed by atoms with E-state index >= 15 is 0 Å². The van der Waals surface area contributed by atoms with Gasteiger partial charge in [-0.2, -0.15) is 5.10 Å². The molecule has 2 aliphatic rings. The predicted molar refractivity (Wildman–Crippen MR) is 112 cm³/mol. The Balaban J connectivity index is 1.25. The van der Waals surface area contributed by atoms with Crippen molar-refractivity contribution in [1.82, 2.24) is 24.6 Å². The molecule has 30 heavy (non-hydrogen) atoms. The number of ether oxygens (including phenoxy) is 2. The number of aromatic amines is 1. The molecule has 2 fully saturated rings. The standard InChI is InChI=1S/C21H26N6O3/c1-25-13-15(12-23-25)18-11-17-19(4-5-22-20(17)24-18)26-6-8-27(9-7-26)21(28)30-14-16-3-2-10-29-16/h4-5,11-13,16H,2-3,6-10,14H2,1H3,(H,22,24). The van der Waals surface area contributed by atoms with Crippen LogP contribution in [0.5, 0.6) is 0 Å². The Morgan fingerprint density at radius 1 is 1.33 bits per heavy atom. The Hall–Kier alpha value is -3.07. The molecule has 0 aromatic carbocycles. The van der Waals surface area contributed by atoms with Crippen molar-refractivity contribution in [3.05, 3.63) is 30.7 Å². The number of aromatic nitrogens is 4. The first-order valence-corrected chi connectivity index (χ1v) is 10.4. The van der Waals surface area contributed by atoms with Crippen molar-refractivity contribution < 1.29 is 14.3 Å². The first-order chi connectivity index (χ1) is 14.7. The average molecular weight is 410 g/mol. The molecule has 158 valence electrons. The zero-order valence-electron chi connectivity index (χ0n) is 17.1. The Morgan fingerprint density at radius 3 is 2.93 bits per heavy atom. The van der Waals surface area contributed by atoms with Gasteiger partial charge in [-0.25, -0.2) is 9.78 Å². The molecule has 3 aromatic rings. The van der Waals surface area contributed by atoms with Crippen LogP contribution in [0, 0.1) is 0 Å². The number of carbonyl (C=O) groups is 1. The molecular formula is C21H26N6O3. The number of carbonyl (C=O) groups excluding carboxylic acids is 1. The van der Waals surface area contributed by atoms with Crippen LogP contribution in [0.25, 0.3) is 22.3 Å². The van der Waals surface area contributed by atoms with Crippen LogP contribution in [0.1, 0.15) is 12.8 Å². The molecule has 9 heteroatoms. The van der Waals surface area contributed by atoms with Crippen molar-refractivity contribution in [2.75, 3.05) is 44.3 Å². The predicted octanol–water partition coefficient (Wildman–Crippen LogP) is 2.40. The second-order valence-electron chi connectivity index (χ2n) is 7.86. The van der Waals surface area contributed by atoms with Crippen molar-refractivity contribution in [2.45, 2.75) is 18.9 Å². The van der Waals surface area contributed by atoms with E-state index in [2.05, 4.69) is 26.0 Å². The van der Waals surface area contributed by atoms with Crippen LogP contribution in [0.4, 0.5) is 10.5 Å². The Labute approximate surface area is 174 Å². The van der Waals surface area contributed by atoms with Gasteiger partial charge < -0.3 is 24.3 Å². The zero-order valence-corrected chi connectivity index (χ0v) is 17.1. The maximum atomic E-state index is 12.4. The topological polar surface area (TPSA) is 88.5 Å². The molecule has 0 saturated carbocycles. The van der Waals surface area contributed by atoms with E-state index < -0.39 is 0 Å². The number of amides is 1. The van der Waals surface area contributed by atoms with E-state index in [1.165, 1.54) is 0 Å². The molecular weight excluding hydrogens is 384 g/mol. The molecule has 9 nitrogen and oxygen atoms in total. The molecule has 1 N–H and O–H groups in total. The van der Waals surface area contributed by atoms with E-state index in [0.29, 0.717) is 19.7 Å². The third-order valence-corrected chi connectivity index (χ3v) is 5.82. The lowest BCUT2D eigenvalue weighted by Gasteiger charge is -2.35. The van der Waals surface area contributed by atoms with E-state index in [4.69, 9.17) is 9.47 Å². The SMILES string of the molecule is Cn1cc(-c2cc3c(N4CCN(C(=O)OCC5CCCO5)CC4)ccnc3[nH]2)cn1. The van der Waals surface area contributed by atoms with Gasteiger partial charge in [-0.1, -0.05) is 0 Å². The van der Waals surface area contributed by atoms with Gasteiger partial charge in [0.25, 0.3) is 0 Å². The third kappa shape index (κ3) is 3.72. The van der Waals surface area contributed by atoms with Crippen LogP contribution in [0.15, 0.2) is 30.7 Å². The minimum atomic E-state index is -0.245. The molecule has 3 aromatic heterocycles. The fourth-order valence-corrected chi connectivity index (χ4v) is 4.17. The van der Waals surface area contributed by atoms with Crippen LogP contribution in [-0.2, 0) is 16.5 Å². The van der Waals surface area contributed by atoms with E-state index in [9.17, 15) is 4.79 Å². The van der Waals surface area contributed by atoms with E-state index in [1.807, 2.05) is 31.7 Å². The van der Waals surface area contributed by atoms with Crippen LogP contribution in [0.3, 0.4) is 0 Å². The summed E-state index contributed by atoms with van der Waals surface area (Å²) in [6.45, 7) is 3.89. The molecule has 0 aliphatic carbocycles. The van der Waals surface area contributed by atoms with Gasteiger partial charge in [0.05, 0.1) is 18.0 Å². The fourth-order valence-electron chi connectivity index (χ4n) is 4.17. The normalized spacial score (nSPS) is 19.6. The number of hydrogen-bond donors (Lipinski definition) is 1. The molecule has 0 spiro atoms. The number of H-pyrrole nitrogens is 1. The average Bonchev–Trinajstić information content (AvgIpc) is 3.52. The van der Waals surface area contributed by atoms with Gasteiger partial charge in [0.2, 0.25) is 0 Å².